The van der Waals surface area contributed by atoms with Crippen LogP contribution in [0.2, 0.25) is 0 Å². The number of Topliss-reactive ketones (excluding diaryl/α,β-unsaturated/α-hetero) is 1. The Morgan fingerprint density at radius 3 is 2.46 bits per heavy atom. The Labute approximate surface area is 223 Å². The van der Waals surface area contributed by atoms with Crippen molar-refractivity contribution in [1.29, 1.82) is 0 Å². The van der Waals surface area contributed by atoms with E-state index < -0.39 is 0 Å². The van der Waals surface area contributed by atoms with Crippen molar-refractivity contribution >= 4 is 34.7 Å². The van der Waals surface area contributed by atoms with Crippen LogP contribution in [0, 0.1) is 11.7 Å². The SMILES string of the molecule is CC(=O)C1SC(NC(=O)N[C@@H]2CC[C@H](N(C)C(C)=O)C[C@H]2CN(C)CCCc2ccc(F)cc2)=NC1C. The van der Waals surface area contributed by atoms with E-state index in [1.807, 2.05) is 31.0 Å². The first-order chi connectivity index (χ1) is 17.5. The van der Waals surface area contributed by atoms with Crippen molar-refractivity contribution in [1.82, 2.24) is 20.4 Å². The van der Waals surface area contributed by atoms with Crippen molar-refractivity contribution in [3.8, 4) is 0 Å². The topological polar surface area (TPSA) is 94.1 Å². The van der Waals surface area contributed by atoms with Crippen LogP contribution in [-0.4, -0.2) is 83.2 Å². The van der Waals surface area contributed by atoms with Gasteiger partial charge in [-0.15, -0.1) is 0 Å². The quantitative estimate of drug-likeness (QED) is 0.507. The van der Waals surface area contributed by atoms with Gasteiger partial charge in [-0.1, -0.05) is 23.9 Å². The predicted molar refractivity (Wildman–Crippen MR) is 146 cm³/mol. The lowest BCUT2D eigenvalue weighted by Gasteiger charge is -2.41. The van der Waals surface area contributed by atoms with Crippen molar-refractivity contribution in [2.75, 3.05) is 27.2 Å². The van der Waals surface area contributed by atoms with Gasteiger partial charge in [0.05, 0.1) is 11.3 Å². The Hall–Kier alpha value is -2.46. The number of nitrogens with zero attached hydrogens (tertiary/aromatic N) is 3. The van der Waals surface area contributed by atoms with Crippen LogP contribution >= 0.6 is 11.8 Å². The standard InChI is InChI=1S/C27H40FN5O3S/c1-17-25(18(2)34)37-27(29-17)31-26(36)30-24-13-12-23(33(5)19(3)35)15-21(24)16-32(4)14-6-7-20-8-10-22(28)11-9-20/h8-11,17,21,23-25H,6-7,12-16H2,1-5H3,(H2,29,30,31,36)/t17?,21-,23-,24+,25?/m0/s1. The molecule has 10 heteroatoms. The predicted octanol–water partition coefficient (Wildman–Crippen LogP) is 3.45. The molecular weight excluding hydrogens is 493 g/mol. The number of hydrogen-bond acceptors (Lipinski definition) is 6. The van der Waals surface area contributed by atoms with E-state index in [2.05, 4.69) is 27.6 Å². The fourth-order valence-corrected chi connectivity index (χ4v) is 6.27. The molecule has 2 aliphatic rings. The van der Waals surface area contributed by atoms with Crippen LogP contribution in [0.15, 0.2) is 29.3 Å². The number of amides is 3. The molecule has 0 aromatic heterocycles. The first kappa shape index (κ1) is 29.1. The fourth-order valence-electron chi connectivity index (χ4n) is 5.22. The molecular formula is C27H40FN5O3S. The van der Waals surface area contributed by atoms with Gasteiger partial charge in [-0.3, -0.25) is 19.9 Å². The maximum atomic E-state index is 13.2. The molecule has 3 rings (SSSR count). The van der Waals surface area contributed by atoms with Gasteiger partial charge < -0.3 is 15.1 Å². The highest BCUT2D eigenvalue weighted by atomic mass is 32.2. The van der Waals surface area contributed by atoms with Gasteiger partial charge in [0.25, 0.3) is 0 Å². The molecule has 37 heavy (non-hydrogen) atoms. The lowest BCUT2D eigenvalue weighted by Crippen LogP contribution is -2.53. The third kappa shape index (κ3) is 8.53. The zero-order valence-electron chi connectivity index (χ0n) is 22.5. The summed E-state index contributed by atoms with van der Waals surface area (Å²) < 4.78 is 13.2. The molecule has 0 saturated heterocycles. The number of carbonyl (C=O) groups is 3. The first-order valence-electron chi connectivity index (χ1n) is 13.0. The van der Waals surface area contributed by atoms with Crippen LogP contribution in [0.1, 0.15) is 52.0 Å². The Bertz CT molecular complexity index is 989. The van der Waals surface area contributed by atoms with E-state index in [0.717, 1.165) is 50.8 Å². The van der Waals surface area contributed by atoms with Crippen LogP contribution in [0.5, 0.6) is 0 Å². The lowest BCUT2D eigenvalue weighted by atomic mass is 9.80. The highest BCUT2D eigenvalue weighted by Gasteiger charge is 2.36. The smallest absolute Gasteiger partial charge is 0.321 e. The number of hydrogen-bond donors (Lipinski definition) is 2. The number of aliphatic imine (C=N–C) groups is 1. The molecule has 1 aromatic carbocycles. The molecule has 1 aliphatic carbocycles. The summed E-state index contributed by atoms with van der Waals surface area (Å²) >= 11 is 1.30. The third-order valence-corrected chi connectivity index (χ3v) is 8.81. The van der Waals surface area contributed by atoms with Crippen molar-refractivity contribution in [3.63, 3.8) is 0 Å². The summed E-state index contributed by atoms with van der Waals surface area (Å²) in [6.45, 7) is 6.67. The minimum atomic E-state index is -0.310. The molecule has 1 fully saturated rings. The van der Waals surface area contributed by atoms with Gasteiger partial charge in [0, 0.05) is 32.6 Å². The molecule has 0 spiro atoms. The number of rotatable bonds is 9. The molecule has 1 saturated carbocycles. The van der Waals surface area contributed by atoms with Gasteiger partial charge in [0.15, 0.2) is 5.17 Å². The maximum Gasteiger partial charge on any atom is 0.321 e. The molecule has 1 aliphatic heterocycles. The second-order valence-corrected chi connectivity index (χ2v) is 11.5. The second kappa shape index (κ2) is 13.4. The molecule has 204 valence electrons. The average Bonchev–Trinajstić information content (AvgIpc) is 3.20. The van der Waals surface area contributed by atoms with Gasteiger partial charge in [0.2, 0.25) is 5.91 Å². The Morgan fingerprint density at radius 1 is 1.14 bits per heavy atom. The Morgan fingerprint density at radius 2 is 1.84 bits per heavy atom. The summed E-state index contributed by atoms with van der Waals surface area (Å²) in [7, 11) is 3.92. The number of ketones is 1. The summed E-state index contributed by atoms with van der Waals surface area (Å²) in [6, 6.07) is 6.26. The first-order valence-corrected chi connectivity index (χ1v) is 13.9. The van der Waals surface area contributed by atoms with E-state index >= 15 is 0 Å². The minimum Gasteiger partial charge on any atom is -0.343 e. The van der Waals surface area contributed by atoms with Gasteiger partial charge >= 0.3 is 6.03 Å². The number of nitrogens with one attached hydrogen (secondary N) is 2. The Kier molecular flexibility index (Phi) is 10.5. The van der Waals surface area contributed by atoms with E-state index in [1.54, 1.807) is 13.8 Å². The van der Waals surface area contributed by atoms with Gasteiger partial charge in [-0.25, -0.2) is 9.18 Å². The summed E-state index contributed by atoms with van der Waals surface area (Å²) in [6.07, 6.45) is 4.22. The zero-order chi connectivity index (χ0) is 27.1. The van der Waals surface area contributed by atoms with Gasteiger partial charge in [-0.05, 0) is 83.2 Å². The van der Waals surface area contributed by atoms with E-state index in [4.69, 9.17) is 0 Å². The van der Waals surface area contributed by atoms with Gasteiger partial charge in [-0.2, -0.15) is 0 Å². The zero-order valence-corrected chi connectivity index (χ0v) is 23.3. The van der Waals surface area contributed by atoms with E-state index in [9.17, 15) is 18.8 Å². The normalized spacial score (nSPS) is 25.5. The number of urea groups is 1. The van der Waals surface area contributed by atoms with Crippen molar-refractivity contribution in [3.05, 3.63) is 35.6 Å². The molecule has 0 radical (unpaired) electrons. The second-order valence-electron chi connectivity index (χ2n) is 10.4. The number of thioether (sulfide) groups is 1. The van der Waals surface area contributed by atoms with E-state index in [0.29, 0.717) is 5.17 Å². The van der Waals surface area contributed by atoms with Crippen LogP contribution in [0.4, 0.5) is 9.18 Å². The lowest BCUT2D eigenvalue weighted by molar-refractivity contribution is -0.130. The highest BCUT2D eigenvalue weighted by Crippen LogP contribution is 2.29. The third-order valence-electron chi connectivity index (χ3n) is 7.40. The number of aryl methyl sites for hydroxylation is 1. The van der Waals surface area contributed by atoms with E-state index in [1.165, 1.54) is 23.9 Å². The summed E-state index contributed by atoms with van der Waals surface area (Å²) in [4.78, 5) is 45.1. The molecule has 5 atom stereocenters. The molecule has 1 heterocycles. The van der Waals surface area contributed by atoms with Crippen molar-refractivity contribution < 1.29 is 18.8 Å². The van der Waals surface area contributed by atoms with Gasteiger partial charge in [0.1, 0.15) is 11.6 Å². The fraction of sp³-hybridized carbons (Fsp3) is 0.630. The Balaban J connectivity index is 1.57. The summed E-state index contributed by atoms with van der Waals surface area (Å²) in [5.41, 5.74) is 1.11. The van der Waals surface area contributed by atoms with Crippen LogP contribution in [0.3, 0.4) is 0 Å². The van der Waals surface area contributed by atoms with E-state index in [-0.39, 0.29) is 52.8 Å². The van der Waals surface area contributed by atoms with Crippen molar-refractivity contribution in [2.24, 2.45) is 10.9 Å². The largest absolute Gasteiger partial charge is 0.343 e. The molecule has 2 N–H and O–H groups in total. The van der Waals surface area contributed by atoms with Crippen LogP contribution in [0.25, 0.3) is 0 Å². The summed E-state index contributed by atoms with van der Waals surface area (Å²) in [5, 5.41) is 6.19. The number of benzene rings is 1. The van der Waals surface area contributed by atoms with Crippen LogP contribution < -0.4 is 10.6 Å². The average molecular weight is 534 g/mol. The number of halogens is 1. The highest BCUT2D eigenvalue weighted by molar-refractivity contribution is 8.15. The minimum absolute atomic E-state index is 0.0378. The number of carbonyl (C=O) groups excluding carboxylic acids is 3. The molecule has 8 nitrogen and oxygen atoms in total. The number of amidine groups is 1. The molecule has 2 unspecified atom stereocenters. The van der Waals surface area contributed by atoms with Crippen LogP contribution in [-0.2, 0) is 16.0 Å². The maximum absolute atomic E-state index is 13.2. The monoisotopic (exact) mass is 533 g/mol. The molecule has 1 aromatic rings. The summed E-state index contributed by atoms with van der Waals surface area (Å²) in [5.74, 6) is 0.0432. The molecule has 0 bridgehead atoms. The van der Waals surface area contributed by atoms with Crippen molar-refractivity contribution in [2.45, 2.75) is 76.3 Å². The molecule has 3 amide bonds.